The number of carbonyl (C=O) groups excluding carboxylic acids is 3. The maximum Gasteiger partial charge on any atom is 0.251 e. The highest BCUT2D eigenvalue weighted by molar-refractivity contribution is 7.89. The lowest BCUT2D eigenvalue weighted by Crippen LogP contribution is -2.54. The van der Waals surface area contributed by atoms with Crippen molar-refractivity contribution in [2.45, 2.75) is 127 Å². The number of nitrogens with one attached hydrogen (secondary N) is 2. The van der Waals surface area contributed by atoms with Crippen LogP contribution in [0.3, 0.4) is 0 Å². The second-order valence-electron chi connectivity index (χ2n) is 24.5. The van der Waals surface area contributed by atoms with E-state index in [2.05, 4.69) is 87.6 Å². The molecule has 400 valence electrons. The first-order valence-electron chi connectivity index (χ1n) is 27.0. The van der Waals surface area contributed by atoms with E-state index in [1.807, 2.05) is 37.3 Å². The Morgan fingerprint density at radius 2 is 1.39 bits per heavy atom. The smallest absolute Gasteiger partial charge is 0.251 e. The Kier molecular flexibility index (Phi) is 12.5. The molecule has 11 rings (SSSR count). The highest BCUT2D eigenvalue weighted by Crippen LogP contribution is 2.57. The van der Waals surface area contributed by atoms with Gasteiger partial charge < -0.3 is 30.2 Å². The van der Waals surface area contributed by atoms with Crippen LogP contribution in [-0.4, -0.2) is 75.3 Å². The molecular weight excluding hydrogens is 987 g/mol. The molecule has 6 heterocycles. The van der Waals surface area contributed by atoms with Gasteiger partial charge in [-0.2, -0.15) is 5.10 Å². The number of carboxylic acid groups (broad SMARTS) is 1. The standard InChI is InChI=1S/C62H69N7O7S/c1-36-10-12-37(13-11-36)48-33-39(66-69(48)40-16-18-41(19-17-40)77(63,74)75)15-21-49(70)64-26-27-65-57(71)38-14-20-42(43(32-38)58(72)73)50-44-34-46-53-51(61(6,7)24-30-67(53)28-22-59(46,2)3)55(44)76-56-45(50)35-47-54-52(56)62(8,9)25-31-68(54)29-23-60(47,4)5/h10-14,16-20,32-35H,15,21-31H2,1-9H3,(H4-,63,64,65,70,71,72,73,74,75). The summed E-state index contributed by atoms with van der Waals surface area (Å²) in [4.78, 5) is 43.3. The van der Waals surface area contributed by atoms with Crippen LogP contribution in [-0.2, 0) is 42.9 Å². The molecule has 0 aliphatic carbocycles. The lowest BCUT2D eigenvalue weighted by molar-refractivity contribution is -0.255. The van der Waals surface area contributed by atoms with E-state index in [1.54, 1.807) is 28.9 Å². The van der Waals surface area contributed by atoms with Gasteiger partial charge in [-0.15, -0.1) is 0 Å². The Morgan fingerprint density at radius 1 is 0.740 bits per heavy atom. The summed E-state index contributed by atoms with van der Waals surface area (Å²) in [6.07, 6.45) is 4.27. The number of fused-ring (bicyclic) bond motifs is 4. The van der Waals surface area contributed by atoms with Crippen molar-refractivity contribution < 1.29 is 32.6 Å². The monoisotopic (exact) mass is 1060 g/mol. The minimum absolute atomic E-state index is 0.0141. The number of aromatic carboxylic acids is 1. The Labute approximate surface area is 451 Å². The SMILES string of the molecule is Cc1ccc(-c2cc(CCC(=O)NCCNC(=O)c3ccc(C4=c5cc6c7c(c5Oc5c4cc4c8c5C(C)(C)CCN8CCC4(C)C)C(C)(C)CC[N+]=7CCC6(C)C)c(C(=O)[O-])c3)nn2-c2ccc(S(N)(=O)=O)cc2)cc1. The van der Waals surface area contributed by atoms with Gasteiger partial charge in [-0.3, -0.25) is 9.59 Å². The van der Waals surface area contributed by atoms with Crippen LogP contribution in [0.25, 0.3) is 22.5 Å². The van der Waals surface area contributed by atoms with Crippen LogP contribution in [0.5, 0.6) is 11.5 Å². The zero-order valence-corrected chi connectivity index (χ0v) is 46.5. The molecule has 2 amide bonds. The third-order valence-electron chi connectivity index (χ3n) is 17.3. The first-order valence-corrected chi connectivity index (χ1v) is 28.6. The maximum atomic E-state index is 13.9. The molecule has 0 saturated carbocycles. The summed E-state index contributed by atoms with van der Waals surface area (Å²) in [5.41, 5.74) is 11.4. The molecule has 15 heteroatoms. The molecule has 0 bridgehead atoms. The van der Waals surface area contributed by atoms with Gasteiger partial charge in [0.15, 0.2) is 0 Å². The predicted octanol–water partition coefficient (Wildman–Crippen LogP) is 6.71. The number of carbonyl (C=O) groups is 3. The van der Waals surface area contributed by atoms with Crippen molar-refractivity contribution in [2.24, 2.45) is 5.14 Å². The molecule has 0 radical (unpaired) electrons. The number of aromatic nitrogens is 2. The molecule has 5 aromatic carbocycles. The van der Waals surface area contributed by atoms with Crippen molar-refractivity contribution in [3.8, 4) is 28.4 Å². The summed E-state index contributed by atoms with van der Waals surface area (Å²) >= 11 is 0. The van der Waals surface area contributed by atoms with Crippen LogP contribution in [0.2, 0.25) is 0 Å². The summed E-state index contributed by atoms with van der Waals surface area (Å²) < 4.78 is 35.7. The number of ether oxygens (including phenoxy) is 1. The Hall–Kier alpha value is -7.10. The van der Waals surface area contributed by atoms with E-state index in [0.29, 0.717) is 23.4 Å². The zero-order valence-electron chi connectivity index (χ0n) is 45.7. The summed E-state index contributed by atoms with van der Waals surface area (Å²) in [6.45, 7) is 24.5. The molecule has 5 aliphatic heterocycles. The molecule has 5 aliphatic rings. The second kappa shape index (κ2) is 18.5. The largest absolute Gasteiger partial charge is 0.545 e. The van der Waals surface area contributed by atoms with E-state index < -0.39 is 21.9 Å². The minimum Gasteiger partial charge on any atom is -0.545 e. The van der Waals surface area contributed by atoms with E-state index in [9.17, 15) is 27.9 Å². The van der Waals surface area contributed by atoms with Gasteiger partial charge in [-0.25, -0.2) is 22.8 Å². The van der Waals surface area contributed by atoms with Crippen molar-refractivity contribution in [3.05, 3.63) is 151 Å². The van der Waals surface area contributed by atoms with Crippen LogP contribution in [0, 0.1) is 6.92 Å². The lowest BCUT2D eigenvalue weighted by atomic mass is 9.67. The predicted molar refractivity (Wildman–Crippen MR) is 297 cm³/mol. The first kappa shape index (κ1) is 52.0. The Bertz CT molecular complexity index is 3730. The number of amides is 2. The van der Waals surface area contributed by atoms with Crippen LogP contribution < -0.4 is 45.7 Å². The molecule has 0 atom stereocenters. The van der Waals surface area contributed by atoms with Gasteiger partial charge in [-0.1, -0.05) is 91.3 Å². The fourth-order valence-corrected chi connectivity index (χ4v) is 13.1. The number of benzene rings is 5. The van der Waals surface area contributed by atoms with E-state index in [0.717, 1.165) is 108 Å². The summed E-state index contributed by atoms with van der Waals surface area (Å²) in [7, 11) is -3.88. The third-order valence-corrected chi connectivity index (χ3v) is 18.3. The van der Waals surface area contributed by atoms with Crippen molar-refractivity contribution >= 4 is 39.1 Å². The number of sulfonamides is 1. The Morgan fingerprint density at radius 3 is 2.08 bits per heavy atom. The first-order chi connectivity index (χ1) is 36.3. The molecule has 4 N–H and O–H groups in total. The number of anilines is 1. The molecule has 0 fully saturated rings. The number of nitrogens with zero attached hydrogens (tertiary/aromatic N) is 4. The molecule has 0 spiro atoms. The average molecular weight is 1060 g/mol. The number of carboxylic acids is 1. The van der Waals surface area contributed by atoms with Gasteiger partial charge in [0.1, 0.15) is 24.6 Å². The number of aryl methyl sites for hydroxylation is 2. The van der Waals surface area contributed by atoms with Crippen LogP contribution in [0.4, 0.5) is 5.69 Å². The minimum atomic E-state index is -3.88. The number of rotatable bonds is 12. The van der Waals surface area contributed by atoms with Gasteiger partial charge in [0.05, 0.1) is 33.5 Å². The van der Waals surface area contributed by atoms with E-state index in [1.165, 1.54) is 40.4 Å². The van der Waals surface area contributed by atoms with Gasteiger partial charge in [0.25, 0.3) is 5.91 Å². The van der Waals surface area contributed by atoms with Crippen LogP contribution in [0.1, 0.15) is 153 Å². The van der Waals surface area contributed by atoms with Gasteiger partial charge >= 0.3 is 0 Å². The van der Waals surface area contributed by atoms with Crippen molar-refractivity contribution in [1.82, 2.24) is 25.0 Å². The van der Waals surface area contributed by atoms with E-state index >= 15 is 0 Å². The highest BCUT2D eigenvalue weighted by atomic mass is 32.2. The fraction of sp³-hybridized carbons (Fsp3) is 0.403. The van der Waals surface area contributed by atoms with Crippen LogP contribution in [0.15, 0.2) is 89.8 Å². The van der Waals surface area contributed by atoms with Gasteiger partial charge in [0.2, 0.25) is 21.3 Å². The quantitative estimate of drug-likeness (QED) is 0.0882. The number of hydrogen-bond acceptors (Lipinski definition) is 9. The fourth-order valence-electron chi connectivity index (χ4n) is 12.6. The molecular formula is C62H69N7O7S. The normalized spacial score (nSPS) is 18.0. The lowest BCUT2D eigenvalue weighted by Gasteiger charge is -2.49. The third kappa shape index (κ3) is 9.12. The molecule has 77 heavy (non-hydrogen) atoms. The van der Waals surface area contributed by atoms with Gasteiger partial charge in [-0.05, 0) is 96.3 Å². The molecule has 1 aromatic heterocycles. The number of nitrogens with two attached hydrogens (primary N) is 1. The van der Waals surface area contributed by atoms with Crippen molar-refractivity contribution in [1.29, 1.82) is 0 Å². The maximum absolute atomic E-state index is 13.9. The summed E-state index contributed by atoms with van der Waals surface area (Å²) in [6, 6.07) is 25.4. The average Bonchev–Trinajstić information content (AvgIpc) is 4.00. The van der Waals surface area contributed by atoms with Crippen molar-refractivity contribution in [3.63, 3.8) is 0 Å². The van der Waals surface area contributed by atoms with E-state index in [4.69, 9.17) is 15.0 Å². The molecule has 0 saturated heterocycles. The zero-order chi connectivity index (χ0) is 54.7. The molecule has 0 unspecified atom stereocenters. The highest BCUT2D eigenvalue weighted by Gasteiger charge is 2.48. The Balaban J connectivity index is 0.892. The van der Waals surface area contributed by atoms with Gasteiger partial charge in [0, 0.05) is 113 Å². The van der Waals surface area contributed by atoms with E-state index in [-0.39, 0.29) is 63.1 Å². The number of hydrogen-bond donors (Lipinski definition) is 3. The summed E-state index contributed by atoms with van der Waals surface area (Å²) in [5.74, 6) is -0.560. The van der Waals surface area contributed by atoms with Crippen molar-refractivity contribution in [2.75, 3.05) is 44.2 Å². The number of primary sulfonamides is 1. The van der Waals surface area contributed by atoms with Crippen LogP contribution >= 0.6 is 0 Å². The second-order valence-corrected chi connectivity index (χ2v) is 26.1. The summed E-state index contributed by atoms with van der Waals surface area (Å²) in [5, 5.41) is 31.6. The molecule has 14 nitrogen and oxygen atoms in total. The topological polar surface area (TPSA) is 192 Å². The molecule has 6 aromatic rings.